The summed E-state index contributed by atoms with van der Waals surface area (Å²) in [4.78, 5) is 12.6. The zero-order chi connectivity index (χ0) is 22.8. The van der Waals surface area contributed by atoms with Crippen LogP contribution >= 0.6 is 0 Å². The van der Waals surface area contributed by atoms with Gasteiger partial charge in [0.15, 0.2) is 5.78 Å². The number of hydrogen-bond donors (Lipinski definition) is 0. The van der Waals surface area contributed by atoms with Crippen molar-refractivity contribution in [2.45, 2.75) is 73.0 Å². The van der Waals surface area contributed by atoms with Gasteiger partial charge in [-0.25, -0.2) is 0 Å². The molecule has 0 saturated heterocycles. The van der Waals surface area contributed by atoms with Crippen molar-refractivity contribution in [2.24, 2.45) is 0 Å². The Morgan fingerprint density at radius 1 is 0.903 bits per heavy atom. The Morgan fingerprint density at radius 2 is 1.48 bits per heavy atom. The van der Waals surface area contributed by atoms with Gasteiger partial charge in [0, 0.05) is 11.1 Å². The van der Waals surface area contributed by atoms with Crippen LogP contribution in [0, 0.1) is 0 Å². The zero-order valence-corrected chi connectivity index (χ0v) is 19.7. The van der Waals surface area contributed by atoms with E-state index in [0.717, 1.165) is 47.6 Å². The highest BCUT2D eigenvalue weighted by molar-refractivity contribution is 6.06. The van der Waals surface area contributed by atoms with E-state index in [9.17, 15) is 4.79 Å². The fourth-order valence-corrected chi connectivity index (χ4v) is 3.15. The Hall–Kier alpha value is -2.75. The van der Waals surface area contributed by atoms with E-state index in [2.05, 4.69) is 13.8 Å². The number of rotatable bonds is 12. The summed E-state index contributed by atoms with van der Waals surface area (Å²) >= 11 is 0. The van der Waals surface area contributed by atoms with Gasteiger partial charge >= 0.3 is 0 Å². The van der Waals surface area contributed by atoms with Crippen molar-refractivity contribution in [3.63, 3.8) is 0 Å². The number of ether oxygens (including phenoxy) is 3. The van der Waals surface area contributed by atoms with Crippen LogP contribution in [0.1, 0.15) is 75.9 Å². The summed E-state index contributed by atoms with van der Waals surface area (Å²) < 4.78 is 17.8. The average Bonchev–Trinajstić information content (AvgIpc) is 2.72. The van der Waals surface area contributed by atoms with E-state index in [0.29, 0.717) is 12.2 Å². The lowest BCUT2D eigenvalue weighted by molar-refractivity contribution is 0.104. The molecule has 0 bridgehead atoms. The quantitative estimate of drug-likeness (QED) is 0.275. The van der Waals surface area contributed by atoms with E-state index >= 15 is 0 Å². The van der Waals surface area contributed by atoms with Gasteiger partial charge in [0.05, 0.1) is 18.8 Å². The van der Waals surface area contributed by atoms with Crippen LogP contribution in [-0.4, -0.2) is 24.6 Å². The third-order valence-electron chi connectivity index (χ3n) is 4.45. The average molecular weight is 425 g/mol. The molecule has 0 spiro atoms. The Balaban J connectivity index is 2.29. The molecule has 2 rings (SSSR count). The second kappa shape index (κ2) is 12.2. The molecular formula is C27H36O4. The van der Waals surface area contributed by atoms with Crippen molar-refractivity contribution in [1.29, 1.82) is 0 Å². The van der Waals surface area contributed by atoms with Crippen LogP contribution in [0.2, 0.25) is 0 Å². The molecule has 2 aromatic carbocycles. The molecule has 2 aromatic rings. The zero-order valence-electron chi connectivity index (χ0n) is 19.7. The Morgan fingerprint density at radius 3 is 1.97 bits per heavy atom. The lowest BCUT2D eigenvalue weighted by atomic mass is 10.0. The van der Waals surface area contributed by atoms with Gasteiger partial charge in [-0.15, -0.1) is 0 Å². The van der Waals surface area contributed by atoms with E-state index in [1.54, 1.807) is 18.2 Å². The highest BCUT2D eigenvalue weighted by Gasteiger charge is 2.15. The molecule has 0 aliphatic rings. The molecule has 4 nitrogen and oxygen atoms in total. The van der Waals surface area contributed by atoms with Crippen molar-refractivity contribution in [3.8, 4) is 17.2 Å². The van der Waals surface area contributed by atoms with Crippen LogP contribution in [-0.2, 0) is 6.42 Å². The molecule has 0 N–H and O–H groups in total. The first-order valence-electron chi connectivity index (χ1n) is 11.3. The molecule has 0 saturated carbocycles. The first-order chi connectivity index (χ1) is 14.8. The summed E-state index contributed by atoms with van der Waals surface area (Å²) in [7, 11) is 0. The summed E-state index contributed by atoms with van der Waals surface area (Å²) in [6.07, 6.45) is 6.34. The number of allylic oxidation sites excluding steroid dienone is 1. The Kier molecular flexibility index (Phi) is 9.64. The molecule has 0 aliphatic carbocycles. The second-order valence-corrected chi connectivity index (χ2v) is 8.15. The van der Waals surface area contributed by atoms with Gasteiger partial charge in [-0.1, -0.05) is 26.3 Å². The maximum Gasteiger partial charge on any atom is 0.185 e. The fraction of sp³-hybridized carbons (Fsp3) is 0.444. The molecule has 0 fully saturated rings. The van der Waals surface area contributed by atoms with Crippen LogP contribution in [0.3, 0.4) is 0 Å². The van der Waals surface area contributed by atoms with E-state index in [-0.39, 0.29) is 18.0 Å². The lowest BCUT2D eigenvalue weighted by Crippen LogP contribution is -2.12. The van der Waals surface area contributed by atoms with Crippen LogP contribution in [0.5, 0.6) is 17.2 Å². The molecule has 168 valence electrons. The maximum atomic E-state index is 12.6. The summed E-state index contributed by atoms with van der Waals surface area (Å²) in [5.74, 6) is 2.36. The number of benzene rings is 2. The fourth-order valence-electron chi connectivity index (χ4n) is 3.15. The van der Waals surface area contributed by atoms with E-state index < -0.39 is 0 Å². The summed E-state index contributed by atoms with van der Waals surface area (Å²) in [6.45, 7) is 12.9. The predicted octanol–water partition coefficient (Wildman–Crippen LogP) is 6.90. The molecule has 0 heterocycles. The molecule has 0 radical (unpaired) electrons. The third-order valence-corrected chi connectivity index (χ3v) is 4.45. The van der Waals surface area contributed by atoms with Crippen LogP contribution in [0.25, 0.3) is 6.08 Å². The maximum absolute atomic E-state index is 12.6. The normalized spacial score (nSPS) is 11.4. The van der Waals surface area contributed by atoms with Gasteiger partial charge in [-0.3, -0.25) is 4.79 Å². The number of carbonyl (C=O) groups excluding carboxylic acids is 1. The van der Waals surface area contributed by atoms with Gasteiger partial charge in [-0.05, 0) is 88.6 Å². The van der Waals surface area contributed by atoms with Gasteiger partial charge in [0.1, 0.15) is 17.2 Å². The molecule has 0 unspecified atom stereocenters. The van der Waals surface area contributed by atoms with Crippen molar-refractivity contribution < 1.29 is 19.0 Å². The minimum Gasteiger partial charge on any atom is -0.494 e. The minimum absolute atomic E-state index is 0.0526. The number of carbonyl (C=O) groups is 1. The van der Waals surface area contributed by atoms with E-state index in [4.69, 9.17) is 14.2 Å². The lowest BCUT2D eigenvalue weighted by Gasteiger charge is -2.20. The Labute approximate surface area is 187 Å². The summed E-state index contributed by atoms with van der Waals surface area (Å²) in [5, 5.41) is 0. The second-order valence-electron chi connectivity index (χ2n) is 8.15. The van der Waals surface area contributed by atoms with Crippen molar-refractivity contribution >= 4 is 11.9 Å². The molecule has 0 aromatic heterocycles. The van der Waals surface area contributed by atoms with Gasteiger partial charge in [-0.2, -0.15) is 0 Å². The highest BCUT2D eigenvalue weighted by Crippen LogP contribution is 2.34. The van der Waals surface area contributed by atoms with Crippen LogP contribution in [0.4, 0.5) is 0 Å². The van der Waals surface area contributed by atoms with Crippen molar-refractivity contribution in [3.05, 3.63) is 59.2 Å². The van der Waals surface area contributed by atoms with E-state index in [1.807, 2.05) is 58.0 Å². The molecule has 31 heavy (non-hydrogen) atoms. The predicted molar refractivity (Wildman–Crippen MR) is 128 cm³/mol. The SMILES string of the molecule is CCCOc1ccc(C(=O)/C=C/c2cc(OC(C)C)c(CCC)c(OC(C)C)c2)cc1. The monoisotopic (exact) mass is 424 g/mol. The highest BCUT2D eigenvalue weighted by atomic mass is 16.5. The smallest absolute Gasteiger partial charge is 0.185 e. The van der Waals surface area contributed by atoms with Gasteiger partial charge in [0.2, 0.25) is 0 Å². The first-order valence-corrected chi connectivity index (χ1v) is 11.3. The molecule has 4 heteroatoms. The number of ketones is 1. The van der Waals surface area contributed by atoms with Crippen LogP contribution in [0.15, 0.2) is 42.5 Å². The van der Waals surface area contributed by atoms with Crippen molar-refractivity contribution in [2.75, 3.05) is 6.61 Å². The molecule has 0 aliphatic heterocycles. The summed E-state index contributed by atoms with van der Waals surface area (Å²) in [5.41, 5.74) is 2.58. The standard InChI is InChI=1S/C27H36O4/c1-7-9-24-26(30-19(3)4)17-21(18-27(24)31-20(5)6)10-15-25(28)22-11-13-23(14-12-22)29-16-8-2/h10-15,17-20H,7-9,16H2,1-6H3/b15-10+. The molecule has 0 atom stereocenters. The Bertz CT molecular complexity index is 832. The molecule has 0 amide bonds. The first kappa shape index (κ1) is 24.5. The third kappa shape index (κ3) is 7.78. The largest absolute Gasteiger partial charge is 0.494 e. The van der Waals surface area contributed by atoms with Gasteiger partial charge < -0.3 is 14.2 Å². The number of hydrogen-bond acceptors (Lipinski definition) is 4. The topological polar surface area (TPSA) is 44.8 Å². The molecular weight excluding hydrogens is 388 g/mol. The summed E-state index contributed by atoms with van der Waals surface area (Å²) in [6, 6.07) is 11.2. The van der Waals surface area contributed by atoms with Crippen LogP contribution < -0.4 is 14.2 Å². The van der Waals surface area contributed by atoms with Gasteiger partial charge in [0.25, 0.3) is 0 Å². The van der Waals surface area contributed by atoms with E-state index in [1.165, 1.54) is 0 Å². The minimum atomic E-state index is -0.0580. The van der Waals surface area contributed by atoms with Crippen molar-refractivity contribution in [1.82, 2.24) is 0 Å².